The van der Waals surface area contributed by atoms with Gasteiger partial charge in [0.1, 0.15) is 35.9 Å². The van der Waals surface area contributed by atoms with Crippen molar-refractivity contribution in [2.45, 2.75) is 40.2 Å². The highest BCUT2D eigenvalue weighted by molar-refractivity contribution is 6.17. The van der Waals surface area contributed by atoms with Crippen LogP contribution in [0.1, 0.15) is 72.0 Å². The van der Waals surface area contributed by atoms with Gasteiger partial charge in [-0.15, -0.1) is 12.4 Å². The van der Waals surface area contributed by atoms with Crippen molar-refractivity contribution in [3.8, 4) is 33.9 Å². The Morgan fingerprint density at radius 1 is 0.652 bits per heavy atom. The standard InChI is InChI=1S/2C28H23NO3.C2H6O.2ClH/c1-3-29(4-2)19-14-15-23-25(17-19)31-24-16-13-18-9-5-6-10-20(18)26(24)28(23)22-12-8-7-11-21(22)27(30)32-28;1-3-29(4-2)19-14-15-23-25(17-19)32-24-16-13-18-9-5-6-10-20(18)27(24)26(23)21-11-7-8-12-22(21)28(30)31;1-2-3;;/h2*5-17H,3-4H2,1-2H3;3H,2H2,1H3;2*1H. The summed E-state index contributed by atoms with van der Waals surface area (Å²) in [5.74, 6) is 0.939. The van der Waals surface area contributed by atoms with Crippen molar-refractivity contribution in [2.24, 2.45) is 0 Å². The minimum absolute atomic E-state index is 0. The molecular formula is C58H54Cl2N2O7. The molecule has 0 amide bonds. The molecule has 1 atom stereocenters. The van der Waals surface area contributed by atoms with Gasteiger partial charge in [0.15, 0.2) is 5.60 Å². The fraction of sp³-hybridized carbons (Fsp3) is 0.190. The second-order valence-corrected chi connectivity index (χ2v) is 16.4. The number of halogens is 2. The first-order chi connectivity index (χ1) is 32.7. The Morgan fingerprint density at radius 2 is 1.28 bits per heavy atom. The molecule has 69 heavy (non-hydrogen) atoms. The number of rotatable bonds is 7. The molecule has 1 unspecified atom stereocenters. The van der Waals surface area contributed by atoms with Crippen molar-refractivity contribution in [1.82, 2.24) is 4.58 Å². The highest BCUT2D eigenvalue weighted by Crippen LogP contribution is 2.58. The molecule has 3 heterocycles. The van der Waals surface area contributed by atoms with Crippen LogP contribution in [0.25, 0.3) is 55.0 Å². The fourth-order valence-corrected chi connectivity index (χ4v) is 9.83. The van der Waals surface area contributed by atoms with E-state index in [1.54, 1.807) is 19.1 Å². The Kier molecular flexibility index (Phi) is 15.1. The number of hydrogen-bond donors (Lipinski definition) is 2. The van der Waals surface area contributed by atoms with E-state index in [0.29, 0.717) is 11.1 Å². The van der Waals surface area contributed by atoms with Crippen LogP contribution in [0, 0.1) is 0 Å². The first-order valence-corrected chi connectivity index (χ1v) is 23.0. The first kappa shape index (κ1) is 49.7. The molecule has 4 aliphatic rings. The molecule has 11 rings (SSSR count). The molecule has 1 aliphatic carbocycles. The monoisotopic (exact) mass is 960 g/mol. The number of carbonyl (C=O) groups excluding carboxylic acids is 1. The van der Waals surface area contributed by atoms with E-state index in [9.17, 15) is 14.7 Å². The van der Waals surface area contributed by atoms with Crippen LogP contribution in [0.4, 0.5) is 5.69 Å². The maximum Gasteiger partial charge on any atom is 0.340 e. The van der Waals surface area contributed by atoms with Crippen molar-refractivity contribution < 1.29 is 46.1 Å². The Balaban J connectivity index is 0.000000188. The van der Waals surface area contributed by atoms with Crippen molar-refractivity contribution in [3.05, 3.63) is 191 Å². The SMILES string of the molecule is CCN(CC)c1ccc2c(c1)Oc1ccc3ccccc3c1C21OC(=O)c2ccccc21.CCO.CC[N+](CC)=c1ccc2c(-c3ccccc3C(=O)O)c3c(ccc4ccccc43)oc-2c1.Cl.[Cl-]. The Hall–Kier alpha value is -7.17. The van der Waals surface area contributed by atoms with Gasteiger partial charge in [0, 0.05) is 65.2 Å². The maximum absolute atomic E-state index is 13.1. The van der Waals surface area contributed by atoms with Gasteiger partial charge in [-0.2, -0.15) is 0 Å². The van der Waals surface area contributed by atoms with Crippen molar-refractivity contribution in [2.75, 3.05) is 37.7 Å². The molecule has 0 bridgehead atoms. The van der Waals surface area contributed by atoms with Gasteiger partial charge in [0.2, 0.25) is 5.36 Å². The quantitative estimate of drug-likeness (QED) is 0.0704. The minimum Gasteiger partial charge on any atom is -1.00 e. The lowest BCUT2D eigenvalue weighted by atomic mass is 9.76. The number of fused-ring (bicyclic) bond motifs is 12. The Bertz CT molecular complexity index is 3390. The molecule has 0 radical (unpaired) electrons. The van der Waals surface area contributed by atoms with Crippen LogP contribution < -0.4 is 32.0 Å². The van der Waals surface area contributed by atoms with Crippen LogP contribution in [0.5, 0.6) is 11.5 Å². The number of carboxylic acid groups (broad SMARTS) is 1. The molecule has 1 spiro atoms. The molecule has 9 nitrogen and oxygen atoms in total. The van der Waals surface area contributed by atoms with Crippen molar-refractivity contribution >= 4 is 62.5 Å². The molecule has 7 aromatic rings. The summed E-state index contributed by atoms with van der Waals surface area (Å²) < 4.78 is 21.5. The predicted octanol–water partition coefficient (Wildman–Crippen LogP) is 9.55. The van der Waals surface area contributed by atoms with Gasteiger partial charge in [-0.1, -0.05) is 97.1 Å². The van der Waals surface area contributed by atoms with Crippen LogP contribution in [0.15, 0.2) is 162 Å². The average Bonchev–Trinajstić information content (AvgIpc) is 3.65. The predicted molar refractivity (Wildman–Crippen MR) is 275 cm³/mol. The highest BCUT2D eigenvalue weighted by atomic mass is 35.5. The minimum atomic E-state index is -1.04. The normalized spacial score (nSPS) is 13.9. The average molecular weight is 962 g/mol. The lowest BCUT2D eigenvalue weighted by Gasteiger charge is -2.38. The van der Waals surface area contributed by atoms with Gasteiger partial charge in [0.05, 0.1) is 22.8 Å². The second-order valence-electron chi connectivity index (χ2n) is 16.4. The van der Waals surface area contributed by atoms with E-state index in [2.05, 4.69) is 104 Å². The van der Waals surface area contributed by atoms with Gasteiger partial charge in [-0.25, -0.2) is 14.2 Å². The number of anilines is 1. The third-order valence-electron chi connectivity index (χ3n) is 12.9. The summed E-state index contributed by atoms with van der Waals surface area (Å²) in [5.41, 5.74) is 6.76. The van der Waals surface area contributed by atoms with Crippen LogP contribution >= 0.6 is 12.4 Å². The summed E-state index contributed by atoms with van der Waals surface area (Å²) >= 11 is 0. The van der Waals surface area contributed by atoms with Crippen molar-refractivity contribution in [3.63, 3.8) is 0 Å². The Morgan fingerprint density at radius 3 is 1.97 bits per heavy atom. The van der Waals surface area contributed by atoms with Gasteiger partial charge < -0.3 is 41.4 Å². The smallest absolute Gasteiger partial charge is 0.340 e. The van der Waals surface area contributed by atoms with Crippen LogP contribution in [0.2, 0.25) is 0 Å². The summed E-state index contributed by atoms with van der Waals surface area (Å²) in [6.45, 7) is 14.1. The van der Waals surface area contributed by atoms with E-state index in [-0.39, 0.29) is 43.0 Å². The fourth-order valence-electron chi connectivity index (χ4n) is 9.83. The summed E-state index contributed by atoms with van der Waals surface area (Å²) in [7, 11) is 0. The molecule has 0 saturated carbocycles. The number of aliphatic hydroxyl groups excluding tert-OH is 1. The number of carboxylic acids is 1. The van der Waals surface area contributed by atoms with E-state index >= 15 is 0 Å². The topological polar surface area (TPSA) is 112 Å². The van der Waals surface area contributed by atoms with E-state index in [0.717, 1.165) is 115 Å². The maximum atomic E-state index is 13.1. The van der Waals surface area contributed by atoms with Crippen molar-refractivity contribution in [1.29, 1.82) is 0 Å². The van der Waals surface area contributed by atoms with Crippen LogP contribution in [-0.2, 0) is 10.3 Å². The molecule has 7 aromatic carbocycles. The summed E-state index contributed by atoms with van der Waals surface area (Å²) in [4.78, 5) is 27.5. The van der Waals surface area contributed by atoms with Gasteiger partial charge >= 0.3 is 11.9 Å². The van der Waals surface area contributed by atoms with Crippen LogP contribution in [0.3, 0.4) is 0 Å². The molecule has 0 fully saturated rings. The van der Waals surface area contributed by atoms with Gasteiger partial charge in [0.25, 0.3) is 0 Å². The van der Waals surface area contributed by atoms with E-state index in [4.69, 9.17) is 19.0 Å². The number of hydrogen-bond acceptors (Lipinski definition) is 7. The number of nitrogens with zero attached hydrogens (tertiary/aromatic N) is 2. The molecule has 11 heteroatoms. The molecule has 0 saturated heterocycles. The van der Waals surface area contributed by atoms with E-state index in [1.807, 2.05) is 78.9 Å². The lowest BCUT2D eigenvalue weighted by molar-refractivity contribution is -0.0000722. The number of esters is 1. The number of aromatic carboxylic acids is 1. The third-order valence-corrected chi connectivity index (χ3v) is 12.9. The second kappa shape index (κ2) is 21.0. The molecule has 352 valence electrons. The van der Waals surface area contributed by atoms with E-state index in [1.165, 1.54) is 0 Å². The number of aliphatic hydroxyl groups is 1. The van der Waals surface area contributed by atoms with Crippen LogP contribution in [-0.4, -0.2) is 54.9 Å². The van der Waals surface area contributed by atoms with E-state index < -0.39 is 11.6 Å². The Labute approximate surface area is 414 Å². The highest BCUT2D eigenvalue weighted by Gasteiger charge is 2.54. The summed E-state index contributed by atoms with van der Waals surface area (Å²) in [5, 5.41) is 23.8. The zero-order chi connectivity index (χ0) is 46.8. The van der Waals surface area contributed by atoms with Gasteiger partial charge in [-0.3, -0.25) is 0 Å². The molecule has 0 aromatic heterocycles. The first-order valence-electron chi connectivity index (χ1n) is 23.0. The third kappa shape index (κ3) is 8.67. The lowest BCUT2D eigenvalue weighted by Crippen LogP contribution is -3.00. The zero-order valence-electron chi connectivity index (χ0n) is 39.2. The zero-order valence-corrected chi connectivity index (χ0v) is 40.7. The largest absolute Gasteiger partial charge is 1.00 e. The molecule has 2 N–H and O–H groups in total. The number of ether oxygens (including phenoxy) is 2. The van der Waals surface area contributed by atoms with Gasteiger partial charge in [-0.05, 0) is 104 Å². The summed E-state index contributed by atoms with van der Waals surface area (Å²) in [6, 6.07) is 51.7. The molecule has 3 aliphatic heterocycles. The molecular weight excluding hydrogens is 908 g/mol. The summed E-state index contributed by atoms with van der Waals surface area (Å²) in [6.07, 6.45) is 0. The number of carbonyl (C=O) groups is 2. The number of benzene rings is 8.